The number of nitrogens with zero attached hydrogens (tertiary/aromatic N) is 1. The van der Waals surface area contributed by atoms with E-state index in [1.54, 1.807) is 4.90 Å². The van der Waals surface area contributed by atoms with Gasteiger partial charge in [0.1, 0.15) is 4.88 Å². The number of hydrogen-bond acceptors (Lipinski definition) is 2. The molecule has 1 heterocycles. The van der Waals surface area contributed by atoms with E-state index in [-0.39, 0.29) is 5.91 Å². The van der Waals surface area contributed by atoms with Crippen molar-refractivity contribution in [2.24, 2.45) is 0 Å². The molecule has 0 N–H and O–H groups in total. The SMILES string of the molecule is CCN(C)C(=O)c1scc(C)c1I. The van der Waals surface area contributed by atoms with Gasteiger partial charge < -0.3 is 4.90 Å². The van der Waals surface area contributed by atoms with Crippen LogP contribution in [0.5, 0.6) is 0 Å². The monoisotopic (exact) mass is 309 g/mol. The Hall–Kier alpha value is -0.100. The Morgan fingerprint density at radius 2 is 2.31 bits per heavy atom. The second kappa shape index (κ2) is 4.41. The summed E-state index contributed by atoms with van der Waals surface area (Å²) in [5, 5.41) is 2.03. The van der Waals surface area contributed by atoms with Gasteiger partial charge in [-0.15, -0.1) is 11.3 Å². The molecule has 72 valence electrons. The van der Waals surface area contributed by atoms with Crippen molar-refractivity contribution in [3.8, 4) is 0 Å². The molecule has 0 aliphatic carbocycles. The molecule has 0 fully saturated rings. The molecular weight excluding hydrogens is 297 g/mol. The second-order valence-corrected chi connectivity index (χ2v) is 4.84. The number of amides is 1. The zero-order valence-corrected chi connectivity index (χ0v) is 10.9. The zero-order chi connectivity index (χ0) is 10.0. The van der Waals surface area contributed by atoms with Gasteiger partial charge in [0.15, 0.2) is 0 Å². The quantitative estimate of drug-likeness (QED) is 0.769. The molecule has 1 amide bonds. The van der Waals surface area contributed by atoms with Crippen LogP contribution in [-0.4, -0.2) is 24.4 Å². The van der Waals surface area contributed by atoms with E-state index in [0.29, 0.717) is 0 Å². The lowest BCUT2D eigenvalue weighted by molar-refractivity contribution is 0.0806. The maximum absolute atomic E-state index is 11.7. The fourth-order valence-electron chi connectivity index (χ4n) is 0.891. The second-order valence-electron chi connectivity index (χ2n) is 2.88. The maximum Gasteiger partial charge on any atom is 0.264 e. The van der Waals surface area contributed by atoms with E-state index in [1.165, 1.54) is 16.9 Å². The third-order valence-corrected chi connectivity index (χ3v) is 4.76. The van der Waals surface area contributed by atoms with E-state index < -0.39 is 0 Å². The van der Waals surface area contributed by atoms with Gasteiger partial charge in [-0.05, 0) is 47.4 Å². The predicted octanol–water partition coefficient (Wildman–Crippen LogP) is 2.75. The van der Waals surface area contributed by atoms with Crippen LogP contribution in [0, 0.1) is 10.5 Å². The van der Waals surface area contributed by atoms with E-state index in [1.807, 2.05) is 26.3 Å². The molecule has 0 aliphatic heterocycles. The number of halogens is 1. The lowest BCUT2D eigenvalue weighted by Crippen LogP contribution is -2.25. The van der Waals surface area contributed by atoms with E-state index in [4.69, 9.17) is 0 Å². The van der Waals surface area contributed by atoms with Crippen molar-refractivity contribution in [2.75, 3.05) is 13.6 Å². The molecule has 0 spiro atoms. The predicted molar refractivity (Wildman–Crippen MR) is 64.4 cm³/mol. The summed E-state index contributed by atoms with van der Waals surface area (Å²) in [6, 6.07) is 0. The van der Waals surface area contributed by atoms with E-state index in [2.05, 4.69) is 22.6 Å². The summed E-state index contributed by atoms with van der Waals surface area (Å²) in [4.78, 5) is 14.3. The van der Waals surface area contributed by atoms with Crippen LogP contribution in [0.3, 0.4) is 0 Å². The topological polar surface area (TPSA) is 20.3 Å². The first-order chi connectivity index (χ1) is 6.07. The van der Waals surface area contributed by atoms with Gasteiger partial charge in [-0.25, -0.2) is 0 Å². The molecule has 13 heavy (non-hydrogen) atoms. The molecule has 1 aromatic rings. The van der Waals surface area contributed by atoms with Crippen molar-refractivity contribution in [2.45, 2.75) is 13.8 Å². The van der Waals surface area contributed by atoms with E-state index >= 15 is 0 Å². The average Bonchev–Trinajstić information content (AvgIpc) is 2.45. The van der Waals surface area contributed by atoms with Crippen molar-refractivity contribution in [1.82, 2.24) is 4.90 Å². The molecule has 2 nitrogen and oxygen atoms in total. The molecule has 0 atom stereocenters. The van der Waals surface area contributed by atoms with Gasteiger partial charge in [0.2, 0.25) is 0 Å². The normalized spacial score (nSPS) is 10.2. The summed E-state index contributed by atoms with van der Waals surface area (Å²) in [6.07, 6.45) is 0. The van der Waals surface area contributed by atoms with Crippen LogP contribution in [0.1, 0.15) is 22.2 Å². The maximum atomic E-state index is 11.7. The lowest BCUT2D eigenvalue weighted by Gasteiger charge is -2.13. The van der Waals surface area contributed by atoms with Gasteiger partial charge >= 0.3 is 0 Å². The molecule has 0 unspecified atom stereocenters. The Kier molecular flexibility index (Phi) is 3.73. The third kappa shape index (κ3) is 2.22. The average molecular weight is 309 g/mol. The molecule has 0 radical (unpaired) electrons. The minimum Gasteiger partial charge on any atom is -0.341 e. The lowest BCUT2D eigenvalue weighted by atomic mass is 10.3. The summed E-state index contributed by atoms with van der Waals surface area (Å²) in [7, 11) is 1.83. The van der Waals surface area contributed by atoms with Crippen LogP contribution in [-0.2, 0) is 0 Å². The number of rotatable bonds is 2. The highest BCUT2D eigenvalue weighted by molar-refractivity contribution is 14.1. The van der Waals surface area contributed by atoms with Crippen LogP contribution in [0.25, 0.3) is 0 Å². The zero-order valence-electron chi connectivity index (χ0n) is 7.93. The molecule has 1 rings (SSSR count). The summed E-state index contributed by atoms with van der Waals surface area (Å²) < 4.78 is 1.09. The number of carbonyl (C=O) groups excluding carboxylic acids is 1. The Balaban J connectivity index is 2.95. The molecule has 0 aliphatic rings. The van der Waals surface area contributed by atoms with Crippen LogP contribution in [0.2, 0.25) is 0 Å². The van der Waals surface area contributed by atoms with Gasteiger partial charge in [0.05, 0.1) is 0 Å². The van der Waals surface area contributed by atoms with Gasteiger partial charge in [-0.3, -0.25) is 4.79 Å². The molecule has 1 aromatic heterocycles. The summed E-state index contributed by atoms with van der Waals surface area (Å²) in [5.41, 5.74) is 1.19. The fourth-order valence-corrected chi connectivity index (χ4v) is 2.80. The van der Waals surface area contributed by atoms with Crippen molar-refractivity contribution >= 4 is 39.8 Å². The number of aryl methyl sites for hydroxylation is 1. The first kappa shape index (κ1) is 11.0. The van der Waals surface area contributed by atoms with Gasteiger partial charge in [0, 0.05) is 17.2 Å². The fraction of sp³-hybridized carbons (Fsp3) is 0.444. The Bertz CT molecular complexity index is 321. The number of carbonyl (C=O) groups is 1. The van der Waals surface area contributed by atoms with Crippen LogP contribution < -0.4 is 0 Å². The third-order valence-electron chi connectivity index (χ3n) is 1.91. The van der Waals surface area contributed by atoms with E-state index in [0.717, 1.165) is 15.0 Å². The van der Waals surface area contributed by atoms with Crippen LogP contribution in [0.15, 0.2) is 5.38 Å². The van der Waals surface area contributed by atoms with Crippen molar-refractivity contribution in [3.63, 3.8) is 0 Å². The molecule has 0 aromatic carbocycles. The minimum absolute atomic E-state index is 0.130. The van der Waals surface area contributed by atoms with Gasteiger partial charge in [-0.1, -0.05) is 0 Å². The molecule has 0 saturated heterocycles. The summed E-state index contributed by atoms with van der Waals surface area (Å²) in [6.45, 7) is 4.76. The molecule has 0 saturated carbocycles. The van der Waals surface area contributed by atoms with Crippen LogP contribution in [0.4, 0.5) is 0 Å². The molecule has 0 bridgehead atoms. The van der Waals surface area contributed by atoms with Gasteiger partial charge in [-0.2, -0.15) is 0 Å². The first-order valence-corrected chi connectivity index (χ1v) is 6.02. The Morgan fingerprint density at radius 3 is 2.69 bits per heavy atom. The largest absolute Gasteiger partial charge is 0.341 e. The minimum atomic E-state index is 0.130. The smallest absolute Gasteiger partial charge is 0.264 e. The van der Waals surface area contributed by atoms with Crippen molar-refractivity contribution < 1.29 is 4.79 Å². The highest BCUT2D eigenvalue weighted by atomic mass is 127. The number of hydrogen-bond donors (Lipinski definition) is 0. The summed E-state index contributed by atoms with van der Waals surface area (Å²) in [5.74, 6) is 0.130. The van der Waals surface area contributed by atoms with Crippen LogP contribution >= 0.6 is 33.9 Å². The van der Waals surface area contributed by atoms with Gasteiger partial charge in [0.25, 0.3) is 5.91 Å². The number of thiophene rings is 1. The molecular formula is C9H12INOS. The standard InChI is InChI=1S/C9H12INOS/c1-4-11(3)9(12)8-7(10)6(2)5-13-8/h5H,4H2,1-3H3. The Morgan fingerprint density at radius 1 is 1.69 bits per heavy atom. The highest BCUT2D eigenvalue weighted by Crippen LogP contribution is 2.24. The first-order valence-electron chi connectivity index (χ1n) is 4.07. The highest BCUT2D eigenvalue weighted by Gasteiger charge is 2.16. The molecule has 4 heteroatoms. The van der Waals surface area contributed by atoms with Crippen molar-refractivity contribution in [1.29, 1.82) is 0 Å². The van der Waals surface area contributed by atoms with Crippen molar-refractivity contribution in [3.05, 3.63) is 19.4 Å². The Labute approximate surface area is 96.1 Å². The van der Waals surface area contributed by atoms with E-state index in [9.17, 15) is 4.79 Å². The summed E-state index contributed by atoms with van der Waals surface area (Å²) >= 11 is 3.76.